The summed E-state index contributed by atoms with van der Waals surface area (Å²) in [6.45, 7) is 0.587. The highest BCUT2D eigenvalue weighted by Gasteiger charge is 2.20. The van der Waals surface area contributed by atoms with Gasteiger partial charge in [0, 0.05) is 34.8 Å². The van der Waals surface area contributed by atoms with E-state index in [1.54, 1.807) is 17.4 Å². The second-order valence-corrected chi connectivity index (χ2v) is 11.9. The molecule has 0 amide bonds. The summed E-state index contributed by atoms with van der Waals surface area (Å²) in [6.07, 6.45) is 8.88. The van der Waals surface area contributed by atoms with Crippen LogP contribution in [0.2, 0.25) is 0 Å². The number of nitrogens with one attached hydrogen (secondary N) is 1. The molecule has 0 radical (unpaired) electrons. The fourth-order valence-electron chi connectivity index (χ4n) is 4.67. The number of H-pyrrole nitrogens is 1. The van der Waals surface area contributed by atoms with Gasteiger partial charge in [0.05, 0.1) is 16.8 Å². The van der Waals surface area contributed by atoms with Crippen molar-refractivity contribution in [2.45, 2.75) is 45.1 Å². The molecule has 3 heterocycles. The van der Waals surface area contributed by atoms with Crippen LogP contribution in [0.1, 0.15) is 36.1 Å². The Kier molecular flexibility index (Phi) is 5.33. The van der Waals surface area contributed by atoms with Gasteiger partial charge in [-0.3, -0.25) is 9.78 Å². The molecule has 9 heteroatoms. The quantitative estimate of drug-likeness (QED) is 0.452. The highest BCUT2D eigenvalue weighted by Crippen LogP contribution is 2.32. The lowest BCUT2D eigenvalue weighted by atomic mass is 10.1. The molecule has 0 saturated heterocycles. The third kappa shape index (κ3) is 3.84. The second-order valence-electron chi connectivity index (χ2n) is 8.57. The van der Waals surface area contributed by atoms with Gasteiger partial charge in [-0.25, -0.2) is 17.8 Å². The van der Waals surface area contributed by atoms with Gasteiger partial charge in [-0.05, 0) is 61.9 Å². The molecule has 0 fully saturated rings. The van der Waals surface area contributed by atoms with Crippen molar-refractivity contribution in [2.75, 3.05) is 12.0 Å². The van der Waals surface area contributed by atoms with Gasteiger partial charge in [0.2, 0.25) is 0 Å². The average molecular weight is 472 g/mol. The summed E-state index contributed by atoms with van der Waals surface area (Å²) < 4.78 is 26.0. The molecule has 0 atom stereocenters. The van der Waals surface area contributed by atoms with Gasteiger partial charge in [-0.15, -0.1) is 11.3 Å². The number of thiophene rings is 1. The van der Waals surface area contributed by atoms with Crippen LogP contribution in [0.3, 0.4) is 0 Å². The number of fused-ring (bicyclic) bond motifs is 4. The highest BCUT2D eigenvalue weighted by molar-refractivity contribution is 7.90. The van der Waals surface area contributed by atoms with E-state index in [0.29, 0.717) is 28.9 Å². The summed E-state index contributed by atoms with van der Waals surface area (Å²) >= 11 is 1.55. The van der Waals surface area contributed by atoms with Crippen molar-refractivity contribution in [2.24, 2.45) is 0 Å². The molecular weight excluding hydrogens is 446 g/mol. The van der Waals surface area contributed by atoms with Gasteiger partial charge in [0.1, 0.15) is 14.7 Å². The van der Waals surface area contributed by atoms with Gasteiger partial charge >= 0.3 is 5.69 Å². The van der Waals surface area contributed by atoms with E-state index in [1.807, 2.05) is 29.0 Å². The molecule has 0 bridgehead atoms. The molecule has 1 N–H and O–H groups in total. The minimum atomic E-state index is -2.99. The van der Waals surface area contributed by atoms with Crippen molar-refractivity contribution in [3.05, 3.63) is 61.7 Å². The van der Waals surface area contributed by atoms with E-state index in [9.17, 15) is 18.0 Å². The molecule has 1 aromatic carbocycles. The number of aromatic nitrogens is 3. The minimum Gasteiger partial charge on any atom is -0.347 e. The Hall–Kier alpha value is -2.65. The molecule has 0 saturated carbocycles. The molecule has 3 aromatic heterocycles. The van der Waals surface area contributed by atoms with E-state index in [0.717, 1.165) is 48.6 Å². The van der Waals surface area contributed by atoms with E-state index in [4.69, 9.17) is 0 Å². The molecule has 0 unspecified atom stereocenters. The predicted octanol–water partition coefficient (Wildman–Crippen LogP) is 3.40. The van der Waals surface area contributed by atoms with Gasteiger partial charge in [-0.1, -0.05) is 6.42 Å². The Morgan fingerprint density at radius 3 is 2.72 bits per heavy atom. The fraction of sp³-hybridized carbons (Fsp3) is 0.391. The number of aryl methyl sites for hydroxylation is 3. The van der Waals surface area contributed by atoms with Crippen LogP contribution in [0.5, 0.6) is 0 Å². The van der Waals surface area contributed by atoms with Crippen LogP contribution in [-0.2, 0) is 29.2 Å². The lowest BCUT2D eigenvalue weighted by Crippen LogP contribution is -2.33. The summed E-state index contributed by atoms with van der Waals surface area (Å²) in [5, 5.41) is 1.56. The number of sulfone groups is 1. The van der Waals surface area contributed by atoms with Crippen LogP contribution in [0.4, 0.5) is 0 Å². The first kappa shape index (κ1) is 21.2. The predicted molar refractivity (Wildman–Crippen MR) is 129 cm³/mol. The van der Waals surface area contributed by atoms with Crippen LogP contribution in [0.15, 0.2) is 40.1 Å². The molecule has 4 aromatic rings. The summed E-state index contributed by atoms with van der Waals surface area (Å²) in [6, 6.07) is 7.43. The zero-order chi connectivity index (χ0) is 22.5. The van der Waals surface area contributed by atoms with Crippen molar-refractivity contribution in [1.82, 2.24) is 14.1 Å². The van der Waals surface area contributed by atoms with Crippen molar-refractivity contribution in [1.29, 1.82) is 0 Å². The summed E-state index contributed by atoms with van der Waals surface area (Å²) in [7, 11) is -2.99. The van der Waals surface area contributed by atoms with E-state index in [2.05, 4.69) is 4.98 Å². The van der Waals surface area contributed by atoms with Gasteiger partial charge in [-0.2, -0.15) is 0 Å². The molecule has 168 valence electrons. The number of hydrogen-bond acceptors (Lipinski definition) is 5. The molecule has 1 aliphatic carbocycles. The highest BCUT2D eigenvalue weighted by atomic mass is 32.2. The topological polar surface area (TPSA) is 93.9 Å². The normalized spacial score (nSPS) is 14.7. The van der Waals surface area contributed by atoms with Crippen molar-refractivity contribution in [3.8, 4) is 5.69 Å². The SMILES string of the molecule is CS(=O)(=O)CCCn1ccc2cc(-n3c(=O)[nH]c4sc5c(c4c3=O)CCCCC5)ccc21. The van der Waals surface area contributed by atoms with E-state index in [-0.39, 0.29) is 11.3 Å². The maximum atomic E-state index is 13.5. The van der Waals surface area contributed by atoms with Crippen molar-refractivity contribution < 1.29 is 8.42 Å². The lowest BCUT2D eigenvalue weighted by Gasteiger charge is -2.08. The van der Waals surface area contributed by atoms with Gasteiger partial charge in [0.25, 0.3) is 5.56 Å². The van der Waals surface area contributed by atoms with Gasteiger partial charge < -0.3 is 4.57 Å². The monoisotopic (exact) mass is 471 g/mol. The number of rotatable bonds is 5. The zero-order valence-electron chi connectivity index (χ0n) is 17.9. The largest absolute Gasteiger partial charge is 0.347 e. The second kappa shape index (κ2) is 8.04. The Balaban J connectivity index is 1.56. The first-order valence-electron chi connectivity index (χ1n) is 10.9. The van der Waals surface area contributed by atoms with Gasteiger partial charge in [0.15, 0.2) is 0 Å². The third-order valence-corrected chi connectivity index (χ3v) is 8.43. The van der Waals surface area contributed by atoms with Crippen LogP contribution in [0, 0.1) is 0 Å². The van der Waals surface area contributed by atoms with Crippen molar-refractivity contribution in [3.63, 3.8) is 0 Å². The van der Waals surface area contributed by atoms with Crippen LogP contribution in [0.25, 0.3) is 26.8 Å². The molecule has 0 aliphatic heterocycles. The molecule has 5 rings (SSSR count). The maximum Gasteiger partial charge on any atom is 0.334 e. The molecule has 1 aliphatic rings. The average Bonchev–Trinajstić information content (AvgIpc) is 3.20. The Labute approximate surface area is 189 Å². The Morgan fingerprint density at radius 2 is 1.91 bits per heavy atom. The number of benzene rings is 1. The van der Waals surface area contributed by atoms with Crippen molar-refractivity contribution >= 4 is 42.3 Å². The van der Waals surface area contributed by atoms with Crippen LogP contribution >= 0.6 is 11.3 Å². The van der Waals surface area contributed by atoms with Crippen LogP contribution < -0.4 is 11.2 Å². The molecule has 7 nitrogen and oxygen atoms in total. The first-order chi connectivity index (χ1) is 15.3. The smallest absolute Gasteiger partial charge is 0.334 e. The summed E-state index contributed by atoms with van der Waals surface area (Å²) in [5.41, 5.74) is 1.90. The van der Waals surface area contributed by atoms with E-state index < -0.39 is 15.5 Å². The summed E-state index contributed by atoms with van der Waals surface area (Å²) in [4.78, 5) is 31.2. The van der Waals surface area contributed by atoms with Crippen LogP contribution in [-0.4, -0.2) is 34.5 Å². The molecule has 32 heavy (non-hydrogen) atoms. The molecular formula is C23H25N3O4S2. The Bertz CT molecular complexity index is 1550. The zero-order valence-corrected chi connectivity index (χ0v) is 19.5. The third-order valence-electron chi connectivity index (χ3n) is 6.19. The molecule has 0 spiro atoms. The Morgan fingerprint density at radius 1 is 1.09 bits per heavy atom. The standard InChI is InChI=1S/C23H25N3O4S2/c1-32(29,30)13-5-11-25-12-10-15-14-16(8-9-18(15)25)26-22(27)20-17-6-3-2-4-7-19(17)31-21(20)24-23(26)28/h8-10,12,14H,2-7,11,13H2,1H3,(H,24,28). The number of aromatic amines is 1. The summed E-state index contributed by atoms with van der Waals surface area (Å²) in [5.74, 6) is 0.139. The minimum absolute atomic E-state index is 0.139. The van der Waals surface area contributed by atoms with E-state index >= 15 is 0 Å². The fourth-order valence-corrected chi connectivity index (χ4v) is 6.59. The van der Waals surface area contributed by atoms with E-state index in [1.165, 1.54) is 15.7 Å². The lowest BCUT2D eigenvalue weighted by molar-refractivity contribution is 0.593. The maximum absolute atomic E-state index is 13.5. The first-order valence-corrected chi connectivity index (χ1v) is 13.8. The number of nitrogens with zero attached hydrogens (tertiary/aromatic N) is 2. The number of hydrogen-bond donors (Lipinski definition) is 1.